The molecule has 1 rings (SSSR count). The summed E-state index contributed by atoms with van der Waals surface area (Å²) in [6.45, 7) is 3.50. The maximum atomic E-state index is 12.3. The average molecular weight is 278 g/mol. The summed E-state index contributed by atoms with van der Waals surface area (Å²) in [5.74, 6) is -0.370. The number of carbonyl (C=O) groups excluding carboxylic acids is 2. The van der Waals surface area contributed by atoms with E-state index in [0.717, 1.165) is 0 Å². The Balaban J connectivity index is 2.95. The monoisotopic (exact) mass is 278 g/mol. The minimum Gasteiger partial charge on any atom is -0.389 e. The maximum absolute atomic E-state index is 12.3. The van der Waals surface area contributed by atoms with Gasteiger partial charge in [-0.3, -0.25) is 9.59 Å². The highest BCUT2D eigenvalue weighted by Gasteiger charge is 2.21. The first-order chi connectivity index (χ1) is 9.11. The van der Waals surface area contributed by atoms with Crippen molar-refractivity contribution in [2.75, 3.05) is 27.7 Å². The quantitative estimate of drug-likeness (QED) is 0.901. The lowest BCUT2D eigenvalue weighted by Crippen LogP contribution is -2.39. The smallest absolute Gasteiger partial charge is 0.253 e. The second-order valence-electron chi connectivity index (χ2n) is 5.75. The van der Waals surface area contributed by atoms with Crippen molar-refractivity contribution in [1.29, 1.82) is 0 Å². The Morgan fingerprint density at radius 3 is 2.05 bits per heavy atom. The molecule has 0 spiro atoms. The van der Waals surface area contributed by atoms with E-state index in [1.54, 1.807) is 59.3 Å². The molecular weight excluding hydrogens is 256 g/mol. The Morgan fingerprint density at radius 2 is 1.60 bits per heavy atom. The molecule has 0 radical (unpaired) electrons. The molecule has 0 aliphatic heterocycles. The van der Waals surface area contributed by atoms with Crippen molar-refractivity contribution in [3.8, 4) is 0 Å². The molecule has 0 heterocycles. The summed E-state index contributed by atoms with van der Waals surface area (Å²) in [5, 5.41) is 9.74. The van der Waals surface area contributed by atoms with Crippen LogP contribution in [0, 0.1) is 0 Å². The molecule has 110 valence electrons. The predicted octanol–water partition coefficient (Wildman–Crippen LogP) is 1.23. The van der Waals surface area contributed by atoms with Crippen molar-refractivity contribution in [2.45, 2.75) is 19.4 Å². The van der Waals surface area contributed by atoms with Crippen LogP contribution in [0.1, 0.15) is 34.6 Å². The topological polar surface area (TPSA) is 60.9 Å². The van der Waals surface area contributed by atoms with Gasteiger partial charge in [0.1, 0.15) is 0 Å². The van der Waals surface area contributed by atoms with Crippen LogP contribution in [0.15, 0.2) is 24.3 Å². The predicted molar refractivity (Wildman–Crippen MR) is 77.7 cm³/mol. The molecule has 0 fully saturated rings. The highest BCUT2D eigenvalue weighted by molar-refractivity contribution is 5.99. The number of rotatable bonds is 4. The van der Waals surface area contributed by atoms with E-state index in [4.69, 9.17) is 0 Å². The Kier molecular flexibility index (Phi) is 4.89. The van der Waals surface area contributed by atoms with Crippen LogP contribution in [0.25, 0.3) is 0 Å². The van der Waals surface area contributed by atoms with Crippen LogP contribution >= 0.6 is 0 Å². The number of hydrogen-bond donors (Lipinski definition) is 1. The maximum Gasteiger partial charge on any atom is 0.253 e. The average Bonchev–Trinajstić information content (AvgIpc) is 2.35. The van der Waals surface area contributed by atoms with Gasteiger partial charge in [0.2, 0.25) is 0 Å². The second-order valence-corrected chi connectivity index (χ2v) is 5.75. The first-order valence-corrected chi connectivity index (χ1v) is 6.41. The van der Waals surface area contributed by atoms with Crippen molar-refractivity contribution in [2.24, 2.45) is 0 Å². The summed E-state index contributed by atoms with van der Waals surface area (Å²) < 4.78 is 0. The fourth-order valence-electron chi connectivity index (χ4n) is 1.92. The van der Waals surface area contributed by atoms with Crippen LogP contribution in [-0.2, 0) is 0 Å². The van der Waals surface area contributed by atoms with Crippen molar-refractivity contribution in [1.82, 2.24) is 9.80 Å². The van der Waals surface area contributed by atoms with Crippen molar-refractivity contribution >= 4 is 11.8 Å². The van der Waals surface area contributed by atoms with Gasteiger partial charge in [-0.25, -0.2) is 0 Å². The molecule has 0 bridgehead atoms. The molecule has 5 heteroatoms. The van der Waals surface area contributed by atoms with Crippen LogP contribution in [-0.4, -0.2) is 60.0 Å². The Morgan fingerprint density at radius 1 is 1.10 bits per heavy atom. The van der Waals surface area contributed by atoms with Gasteiger partial charge in [-0.1, -0.05) is 6.07 Å². The molecular formula is C15H22N2O3. The molecule has 5 nitrogen and oxygen atoms in total. The Bertz CT molecular complexity index is 504. The van der Waals surface area contributed by atoms with Crippen LogP contribution < -0.4 is 0 Å². The summed E-state index contributed by atoms with van der Waals surface area (Å²) in [7, 11) is 4.95. The lowest BCUT2D eigenvalue weighted by Gasteiger charge is -2.25. The van der Waals surface area contributed by atoms with E-state index in [1.165, 1.54) is 9.80 Å². The third-order valence-corrected chi connectivity index (χ3v) is 2.73. The van der Waals surface area contributed by atoms with Crippen LogP contribution in [0.3, 0.4) is 0 Å². The fraction of sp³-hybridized carbons (Fsp3) is 0.467. The van der Waals surface area contributed by atoms with Gasteiger partial charge in [-0.2, -0.15) is 0 Å². The van der Waals surface area contributed by atoms with E-state index in [-0.39, 0.29) is 18.4 Å². The molecule has 1 N–H and O–H groups in total. The lowest BCUT2D eigenvalue weighted by atomic mass is 10.1. The van der Waals surface area contributed by atoms with Gasteiger partial charge in [-0.15, -0.1) is 0 Å². The van der Waals surface area contributed by atoms with Gasteiger partial charge in [0.25, 0.3) is 11.8 Å². The SMILES string of the molecule is CN(C)C(=O)c1cccc(C(=O)N(C)CC(C)(C)O)c1. The molecule has 0 atom stereocenters. The summed E-state index contributed by atoms with van der Waals surface area (Å²) in [4.78, 5) is 27.0. The normalized spacial score (nSPS) is 11.1. The first-order valence-electron chi connectivity index (χ1n) is 6.41. The number of nitrogens with zero attached hydrogens (tertiary/aromatic N) is 2. The van der Waals surface area contributed by atoms with Gasteiger partial charge in [0, 0.05) is 38.8 Å². The molecule has 0 unspecified atom stereocenters. The molecule has 1 aromatic rings. The number of aliphatic hydroxyl groups is 1. The molecule has 2 amide bonds. The van der Waals surface area contributed by atoms with Gasteiger partial charge >= 0.3 is 0 Å². The third-order valence-electron chi connectivity index (χ3n) is 2.73. The number of benzene rings is 1. The van der Waals surface area contributed by atoms with E-state index in [0.29, 0.717) is 11.1 Å². The number of amides is 2. The minimum atomic E-state index is -0.957. The number of hydrogen-bond acceptors (Lipinski definition) is 3. The van der Waals surface area contributed by atoms with Crippen molar-refractivity contribution in [3.05, 3.63) is 35.4 Å². The lowest BCUT2D eigenvalue weighted by molar-refractivity contribution is 0.0368. The zero-order valence-electron chi connectivity index (χ0n) is 12.7. The highest BCUT2D eigenvalue weighted by atomic mass is 16.3. The molecule has 0 saturated carbocycles. The van der Waals surface area contributed by atoms with Gasteiger partial charge in [0.05, 0.1) is 5.60 Å². The molecule has 0 saturated heterocycles. The Labute approximate surface area is 119 Å². The summed E-state index contributed by atoms with van der Waals surface area (Å²) in [6, 6.07) is 6.60. The summed E-state index contributed by atoms with van der Waals surface area (Å²) in [5.41, 5.74) is -0.0523. The molecule has 1 aromatic carbocycles. The minimum absolute atomic E-state index is 0.148. The molecule has 0 aliphatic carbocycles. The van der Waals surface area contributed by atoms with E-state index in [9.17, 15) is 14.7 Å². The fourth-order valence-corrected chi connectivity index (χ4v) is 1.92. The summed E-state index contributed by atoms with van der Waals surface area (Å²) >= 11 is 0. The van der Waals surface area contributed by atoms with Crippen LogP contribution in [0.2, 0.25) is 0 Å². The standard InChI is InChI=1S/C15H22N2O3/c1-15(2,20)10-17(5)14(19)12-8-6-7-11(9-12)13(18)16(3)4/h6-9,20H,10H2,1-5H3. The van der Waals surface area contributed by atoms with E-state index in [1.807, 2.05) is 0 Å². The summed E-state index contributed by atoms with van der Waals surface area (Å²) in [6.07, 6.45) is 0. The highest BCUT2D eigenvalue weighted by Crippen LogP contribution is 2.11. The van der Waals surface area contributed by atoms with Crippen LogP contribution in [0.5, 0.6) is 0 Å². The zero-order valence-corrected chi connectivity index (χ0v) is 12.7. The van der Waals surface area contributed by atoms with Crippen molar-refractivity contribution < 1.29 is 14.7 Å². The molecule has 20 heavy (non-hydrogen) atoms. The molecule has 0 aromatic heterocycles. The van der Waals surface area contributed by atoms with Crippen molar-refractivity contribution in [3.63, 3.8) is 0 Å². The largest absolute Gasteiger partial charge is 0.389 e. The van der Waals surface area contributed by atoms with Gasteiger partial charge < -0.3 is 14.9 Å². The van der Waals surface area contributed by atoms with E-state index in [2.05, 4.69) is 0 Å². The van der Waals surface area contributed by atoms with E-state index >= 15 is 0 Å². The second kappa shape index (κ2) is 6.05. The van der Waals surface area contributed by atoms with Gasteiger partial charge in [-0.05, 0) is 32.0 Å². The zero-order chi connectivity index (χ0) is 15.5. The number of likely N-dealkylation sites (N-methyl/N-ethyl adjacent to an activating group) is 1. The van der Waals surface area contributed by atoms with Crippen LogP contribution in [0.4, 0.5) is 0 Å². The molecule has 0 aliphatic rings. The Hall–Kier alpha value is -1.88. The first kappa shape index (κ1) is 16.2. The third kappa shape index (κ3) is 4.35. The number of carbonyl (C=O) groups is 2. The van der Waals surface area contributed by atoms with Gasteiger partial charge in [0.15, 0.2) is 0 Å². The van der Waals surface area contributed by atoms with E-state index < -0.39 is 5.60 Å².